The van der Waals surface area contributed by atoms with Crippen molar-refractivity contribution in [2.45, 2.75) is 56.7 Å². The van der Waals surface area contributed by atoms with Gasteiger partial charge in [0.05, 0.1) is 16.8 Å². The molecule has 168 valence electrons. The van der Waals surface area contributed by atoms with E-state index in [9.17, 15) is 12.8 Å². The summed E-state index contributed by atoms with van der Waals surface area (Å²) in [6.45, 7) is 7.47. The number of hydrogen-bond donors (Lipinski definition) is 0. The van der Waals surface area contributed by atoms with E-state index in [1.54, 1.807) is 32.2 Å². The first-order valence-electron chi connectivity index (χ1n) is 10.9. The second-order valence-corrected chi connectivity index (χ2v) is 11.6. The van der Waals surface area contributed by atoms with Crippen LogP contribution in [0.2, 0.25) is 0 Å². The lowest BCUT2D eigenvalue weighted by Crippen LogP contribution is -2.43. The summed E-state index contributed by atoms with van der Waals surface area (Å²) < 4.78 is 43.8. The van der Waals surface area contributed by atoms with Gasteiger partial charge in [-0.2, -0.15) is 0 Å². The molecule has 7 heteroatoms. The SMILES string of the molecule is Cc1cc(S(C)(=O)=O)ccc1-c1cc2c(cn1)OC(C1CCN(CC(C)(C)F)CC1)C2. The van der Waals surface area contributed by atoms with Gasteiger partial charge in [-0.3, -0.25) is 4.98 Å². The van der Waals surface area contributed by atoms with Crippen LogP contribution in [0.1, 0.15) is 37.8 Å². The van der Waals surface area contributed by atoms with Crippen molar-refractivity contribution in [3.05, 3.63) is 41.6 Å². The van der Waals surface area contributed by atoms with Crippen LogP contribution in [0.25, 0.3) is 11.3 Å². The van der Waals surface area contributed by atoms with Gasteiger partial charge in [-0.25, -0.2) is 12.8 Å². The zero-order valence-electron chi connectivity index (χ0n) is 18.7. The number of ether oxygens (including phenoxy) is 1. The normalized spacial score (nSPS) is 20.5. The Balaban J connectivity index is 1.45. The zero-order chi connectivity index (χ0) is 22.4. The fraction of sp³-hybridized carbons (Fsp3) is 0.542. The smallest absolute Gasteiger partial charge is 0.175 e. The number of alkyl halides is 1. The molecular weight excluding hydrogens is 415 g/mol. The molecule has 1 saturated heterocycles. The van der Waals surface area contributed by atoms with Crippen LogP contribution in [0.15, 0.2) is 35.4 Å². The maximum absolute atomic E-state index is 13.9. The average Bonchev–Trinajstić information content (AvgIpc) is 3.09. The second kappa shape index (κ2) is 8.17. The molecule has 4 rings (SSSR count). The predicted octanol–water partition coefficient (Wildman–Crippen LogP) is 4.22. The molecule has 0 aliphatic carbocycles. The van der Waals surface area contributed by atoms with E-state index in [1.807, 2.05) is 13.0 Å². The van der Waals surface area contributed by atoms with Crippen LogP contribution in [-0.4, -0.2) is 56.0 Å². The Bertz CT molecular complexity index is 1070. The summed E-state index contributed by atoms with van der Waals surface area (Å²) >= 11 is 0. The zero-order valence-corrected chi connectivity index (χ0v) is 19.5. The van der Waals surface area contributed by atoms with E-state index < -0.39 is 15.5 Å². The second-order valence-electron chi connectivity index (χ2n) is 9.62. The summed E-state index contributed by atoms with van der Waals surface area (Å²) in [5.41, 5.74) is 2.64. The minimum Gasteiger partial charge on any atom is -0.488 e. The lowest BCUT2D eigenvalue weighted by molar-refractivity contribution is 0.0606. The van der Waals surface area contributed by atoms with Crippen molar-refractivity contribution in [3.8, 4) is 17.0 Å². The number of aromatic nitrogens is 1. The van der Waals surface area contributed by atoms with Crippen LogP contribution in [-0.2, 0) is 16.3 Å². The van der Waals surface area contributed by atoms with Crippen molar-refractivity contribution >= 4 is 9.84 Å². The summed E-state index contributed by atoms with van der Waals surface area (Å²) in [4.78, 5) is 7.11. The van der Waals surface area contributed by atoms with Crippen LogP contribution >= 0.6 is 0 Å². The Morgan fingerprint density at radius 1 is 1.23 bits per heavy atom. The predicted molar refractivity (Wildman–Crippen MR) is 120 cm³/mol. The standard InChI is InChI=1S/C24H31FN2O3S/c1-16-11-19(31(4,28)29)5-6-20(16)21-12-18-13-22(30-23(18)14-26-21)17-7-9-27(10-8-17)15-24(2,3)25/h5-6,11-12,14,17,22H,7-10,13,15H2,1-4H3. The molecule has 1 fully saturated rings. The molecule has 0 bridgehead atoms. The van der Waals surface area contributed by atoms with E-state index in [1.165, 1.54) is 6.26 Å². The molecule has 0 spiro atoms. The van der Waals surface area contributed by atoms with Gasteiger partial charge in [0.25, 0.3) is 0 Å². The number of nitrogens with zero attached hydrogens (tertiary/aromatic N) is 2. The molecule has 1 aromatic carbocycles. The van der Waals surface area contributed by atoms with Crippen molar-refractivity contribution in [3.63, 3.8) is 0 Å². The van der Waals surface area contributed by atoms with Gasteiger partial charge in [0.2, 0.25) is 0 Å². The fourth-order valence-electron chi connectivity index (χ4n) is 4.75. The molecule has 2 aliphatic heterocycles. The van der Waals surface area contributed by atoms with Gasteiger partial charge >= 0.3 is 0 Å². The molecule has 0 amide bonds. The number of halogens is 1. The molecule has 5 nitrogen and oxygen atoms in total. The average molecular weight is 447 g/mol. The lowest BCUT2D eigenvalue weighted by atomic mass is 9.88. The summed E-state index contributed by atoms with van der Waals surface area (Å²) in [6.07, 6.45) is 6.03. The van der Waals surface area contributed by atoms with Crippen LogP contribution in [0.5, 0.6) is 5.75 Å². The highest BCUT2D eigenvalue weighted by atomic mass is 32.2. The van der Waals surface area contributed by atoms with Crippen LogP contribution in [0, 0.1) is 12.8 Å². The van der Waals surface area contributed by atoms with Crippen molar-refractivity contribution < 1.29 is 17.5 Å². The molecule has 3 heterocycles. The van der Waals surface area contributed by atoms with Crippen LogP contribution < -0.4 is 4.74 Å². The van der Waals surface area contributed by atoms with Crippen molar-refractivity contribution in [2.24, 2.45) is 5.92 Å². The summed E-state index contributed by atoms with van der Waals surface area (Å²) in [5, 5.41) is 0. The summed E-state index contributed by atoms with van der Waals surface area (Å²) in [6, 6.07) is 7.23. The molecule has 2 aliphatic rings. The third-order valence-corrected chi connectivity index (χ3v) is 7.42. The molecule has 1 aromatic heterocycles. The molecule has 0 saturated carbocycles. The van der Waals surface area contributed by atoms with E-state index in [4.69, 9.17) is 4.74 Å². The van der Waals surface area contributed by atoms with Gasteiger partial charge in [-0.05, 0) is 76.4 Å². The third kappa shape index (κ3) is 5.09. The van der Waals surface area contributed by atoms with Gasteiger partial charge in [-0.1, -0.05) is 6.07 Å². The van der Waals surface area contributed by atoms with Gasteiger partial charge in [0, 0.05) is 30.3 Å². The van der Waals surface area contributed by atoms with E-state index in [2.05, 4.69) is 16.0 Å². The minimum atomic E-state index is -3.23. The van der Waals surface area contributed by atoms with Crippen LogP contribution in [0.3, 0.4) is 0 Å². The molecule has 0 radical (unpaired) electrons. The highest BCUT2D eigenvalue weighted by Crippen LogP contribution is 2.37. The Morgan fingerprint density at radius 3 is 2.55 bits per heavy atom. The maximum atomic E-state index is 13.9. The number of rotatable bonds is 5. The summed E-state index contributed by atoms with van der Waals surface area (Å²) in [7, 11) is -3.23. The Morgan fingerprint density at radius 2 is 1.94 bits per heavy atom. The van der Waals surface area contributed by atoms with Gasteiger partial charge in [0.1, 0.15) is 17.5 Å². The number of fused-ring (bicyclic) bond motifs is 1. The van der Waals surface area contributed by atoms with Gasteiger partial charge in [0.15, 0.2) is 9.84 Å². The minimum absolute atomic E-state index is 0.140. The Labute approximate surface area is 184 Å². The molecule has 1 atom stereocenters. The Hall–Kier alpha value is -1.99. The molecule has 1 unspecified atom stereocenters. The number of likely N-dealkylation sites (tertiary alicyclic amines) is 1. The molecule has 31 heavy (non-hydrogen) atoms. The van der Waals surface area contributed by atoms with E-state index in [-0.39, 0.29) is 6.10 Å². The number of sulfone groups is 1. The molecular formula is C24H31FN2O3S. The largest absolute Gasteiger partial charge is 0.488 e. The van der Waals surface area contributed by atoms with Gasteiger partial charge in [-0.15, -0.1) is 0 Å². The van der Waals surface area contributed by atoms with Gasteiger partial charge < -0.3 is 9.64 Å². The first kappa shape index (κ1) is 22.2. The topological polar surface area (TPSA) is 59.5 Å². The van der Waals surface area contributed by atoms with Crippen molar-refractivity contribution in [1.82, 2.24) is 9.88 Å². The molecule has 2 aromatic rings. The number of piperidine rings is 1. The monoisotopic (exact) mass is 446 g/mol. The van der Waals surface area contributed by atoms with Crippen molar-refractivity contribution in [2.75, 3.05) is 25.9 Å². The van der Waals surface area contributed by atoms with E-state index >= 15 is 0 Å². The first-order valence-corrected chi connectivity index (χ1v) is 12.8. The van der Waals surface area contributed by atoms with Crippen molar-refractivity contribution in [1.29, 1.82) is 0 Å². The summed E-state index contributed by atoms with van der Waals surface area (Å²) in [5.74, 6) is 1.30. The molecule has 0 N–H and O–H groups in total. The number of pyridine rings is 1. The quantitative estimate of drug-likeness (QED) is 0.688. The third-order valence-electron chi connectivity index (χ3n) is 6.31. The number of hydrogen-bond acceptors (Lipinski definition) is 5. The van der Waals surface area contributed by atoms with E-state index in [0.29, 0.717) is 17.4 Å². The first-order chi connectivity index (χ1) is 14.5. The van der Waals surface area contributed by atoms with Crippen LogP contribution in [0.4, 0.5) is 4.39 Å². The number of benzene rings is 1. The fourth-order valence-corrected chi connectivity index (χ4v) is 5.46. The Kier molecular flexibility index (Phi) is 5.85. The highest BCUT2D eigenvalue weighted by Gasteiger charge is 2.34. The lowest BCUT2D eigenvalue weighted by Gasteiger charge is -2.36. The maximum Gasteiger partial charge on any atom is 0.175 e. The van der Waals surface area contributed by atoms with E-state index in [0.717, 1.165) is 60.5 Å². The highest BCUT2D eigenvalue weighted by molar-refractivity contribution is 7.90. The number of aryl methyl sites for hydroxylation is 1.